The van der Waals surface area contributed by atoms with Crippen LogP contribution in [0.3, 0.4) is 0 Å². The van der Waals surface area contributed by atoms with Gasteiger partial charge in [-0.1, -0.05) is 11.6 Å². The van der Waals surface area contributed by atoms with E-state index in [9.17, 15) is 14.8 Å². The summed E-state index contributed by atoms with van der Waals surface area (Å²) in [6.45, 7) is 10.9. The number of methoxy groups -OCH3 is 2. The molecular weight excluding hydrogens is 348 g/mol. The first-order valence-corrected chi connectivity index (χ1v) is 8.91. The van der Waals surface area contributed by atoms with Crippen LogP contribution in [-0.2, 0) is 24.3 Å². The Morgan fingerprint density at radius 3 is 1.85 bits per heavy atom. The number of hydroxylamine groups is 2. The number of nitrogens with one attached hydrogen (secondary N) is 1. The van der Waals surface area contributed by atoms with Crippen LogP contribution in [0.5, 0.6) is 0 Å². The zero-order valence-electron chi connectivity index (χ0n) is 17.4. The zero-order valence-corrected chi connectivity index (χ0v) is 17.4. The molecule has 0 unspecified atom stereocenters. The van der Waals surface area contributed by atoms with Crippen molar-refractivity contribution in [1.82, 2.24) is 10.4 Å². The predicted octanol–water partition coefficient (Wildman–Crippen LogP) is 2.63. The van der Waals surface area contributed by atoms with Crippen LogP contribution in [0.1, 0.15) is 48.0 Å². The summed E-state index contributed by atoms with van der Waals surface area (Å²) in [7, 11) is 2.62. The second-order valence-corrected chi connectivity index (χ2v) is 8.28. The van der Waals surface area contributed by atoms with Gasteiger partial charge in [0.15, 0.2) is 0 Å². The second-order valence-electron chi connectivity index (χ2n) is 8.28. The van der Waals surface area contributed by atoms with Gasteiger partial charge < -0.3 is 14.8 Å². The highest BCUT2D eigenvalue weighted by Gasteiger charge is 2.47. The molecule has 0 aliphatic carbocycles. The van der Waals surface area contributed by atoms with Crippen LogP contribution in [0.15, 0.2) is 34.2 Å². The molecule has 0 atom stereocenters. The lowest BCUT2D eigenvalue weighted by molar-refractivity contribution is -0.263. The van der Waals surface area contributed by atoms with Gasteiger partial charge in [0.25, 0.3) is 0 Å². The fraction of sp³-hybridized carbons (Fsp3) is 0.600. The highest BCUT2D eigenvalue weighted by molar-refractivity contribution is 5.98. The van der Waals surface area contributed by atoms with Gasteiger partial charge in [-0.25, -0.2) is 9.59 Å². The first-order chi connectivity index (χ1) is 12.4. The van der Waals surface area contributed by atoms with Gasteiger partial charge in [0.1, 0.15) is 0 Å². The first kappa shape index (κ1) is 21.2. The molecule has 0 saturated heterocycles. The highest BCUT2D eigenvalue weighted by atomic mass is 16.5. The van der Waals surface area contributed by atoms with Crippen LogP contribution in [0.2, 0.25) is 0 Å². The SMILES string of the molecule is COC(=O)C1=C(C)NC(C)=C(C(=O)OC)C1C1=CC(C)(C)N([O])C(C)(C)C1. The normalized spacial score (nSPS) is 22.9. The van der Waals surface area contributed by atoms with Crippen molar-refractivity contribution in [2.24, 2.45) is 5.92 Å². The van der Waals surface area contributed by atoms with E-state index in [-0.39, 0.29) is 0 Å². The molecule has 0 spiro atoms. The lowest BCUT2D eigenvalue weighted by Gasteiger charge is -2.47. The van der Waals surface area contributed by atoms with E-state index in [1.165, 1.54) is 14.2 Å². The number of hydrogen-bond acceptors (Lipinski definition) is 6. The predicted molar refractivity (Wildman–Crippen MR) is 99.4 cm³/mol. The Hall–Kier alpha value is -2.12. The molecule has 7 nitrogen and oxygen atoms in total. The largest absolute Gasteiger partial charge is 0.466 e. The number of dihydropyridines is 1. The Labute approximate surface area is 160 Å². The first-order valence-electron chi connectivity index (χ1n) is 8.91. The fourth-order valence-electron chi connectivity index (χ4n) is 4.23. The van der Waals surface area contributed by atoms with E-state index in [4.69, 9.17) is 9.47 Å². The van der Waals surface area contributed by atoms with E-state index in [1.54, 1.807) is 13.8 Å². The molecular formula is C20H29N2O5. The van der Waals surface area contributed by atoms with Crippen LogP contribution >= 0.6 is 0 Å². The van der Waals surface area contributed by atoms with Gasteiger partial charge in [-0.15, -0.1) is 10.3 Å². The van der Waals surface area contributed by atoms with Crippen molar-refractivity contribution in [3.8, 4) is 0 Å². The van der Waals surface area contributed by atoms with Crippen molar-refractivity contribution in [1.29, 1.82) is 0 Å². The Morgan fingerprint density at radius 2 is 1.48 bits per heavy atom. The van der Waals surface area contributed by atoms with Gasteiger partial charge in [-0.3, -0.25) is 0 Å². The molecule has 0 amide bonds. The minimum atomic E-state index is -0.785. The quantitative estimate of drug-likeness (QED) is 0.601. The standard InChI is InChI=1S/C20H29N2O5/c1-11-14(17(23)26-7)16(15(12(2)21-11)18(24)27-8)13-9-19(3,4)22(25)20(5,6)10-13/h9,16,21H,10H2,1-8H3. The smallest absolute Gasteiger partial charge is 0.336 e. The van der Waals surface area contributed by atoms with Gasteiger partial charge in [0.05, 0.1) is 30.9 Å². The van der Waals surface area contributed by atoms with E-state index in [0.717, 1.165) is 10.6 Å². The molecule has 0 aromatic rings. The van der Waals surface area contributed by atoms with Gasteiger partial charge in [0.2, 0.25) is 0 Å². The maximum Gasteiger partial charge on any atom is 0.336 e. The summed E-state index contributed by atoms with van der Waals surface area (Å²) in [4.78, 5) is 25.2. The molecule has 149 valence electrons. The molecule has 2 heterocycles. The molecule has 0 bridgehead atoms. The van der Waals surface area contributed by atoms with Gasteiger partial charge in [-0.05, 0) is 48.0 Å². The summed E-state index contributed by atoms with van der Waals surface area (Å²) in [5, 5.41) is 16.9. The second kappa shape index (κ2) is 7.13. The van der Waals surface area contributed by atoms with Crippen molar-refractivity contribution in [2.75, 3.05) is 14.2 Å². The van der Waals surface area contributed by atoms with Crippen LogP contribution in [0.25, 0.3) is 0 Å². The third kappa shape index (κ3) is 3.66. The van der Waals surface area contributed by atoms with E-state index in [0.29, 0.717) is 29.0 Å². The topological polar surface area (TPSA) is 87.8 Å². The molecule has 0 fully saturated rings. The summed E-state index contributed by atoms with van der Waals surface area (Å²) >= 11 is 0. The fourth-order valence-corrected chi connectivity index (χ4v) is 4.23. The highest BCUT2D eigenvalue weighted by Crippen LogP contribution is 2.45. The molecule has 0 aromatic carbocycles. The third-order valence-electron chi connectivity index (χ3n) is 5.19. The zero-order chi connectivity index (χ0) is 20.7. The van der Waals surface area contributed by atoms with Crippen molar-refractivity contribution >= 4 is 11.9 Å². The van der Waals surface area contributed by atoms with Crippen molar-refractivity contribution < 1.29 is 24.3 Å². The van der Waals surface area contributed by atoms with Crippen LogP contribution in [-0.4, -0.2) is 42.3 Å². The summed E-state index contributed by atoms with van der Waals surface area (Å²) in [5.41, 5.74) is 1.32. The van der Waals surface area contributed by atoms with Gasteiger partial charge in [0, 0.05) is 22.9 Å². The van der Waals surface area contributed by atoms with Crippen LogP contribution < -0.4 is 5.32 Å². The van der Waals surface area contributed by atoms with E-state index >= 15 is 0 Å². The van der Waals surface area contributed by atoms with Crippen LogP contribution in [0, 0.1) is 5.92 Å². The average molecular weight is 377 g/mol. The summed E-state index contributed by atoms with van der Waals surface area (Å²) in [6, 6.07) is 0. The van der Waals surface area contributed by atoms with E-state index in [1.807, 2.05) is 33.8 Å². The molecule has 7 heteroatoms. The Kier molecular flexibility index (Phi) is 5.59. The summed E-state index contributed by atoms with van der Waals surface area (Å²) in [6.07, 6.45) is 2.26. The molecule has 1 radical (unpaired) electrons. The minimum absolute atomic E-state index is 0.362. The minimum Gasteiger partial charge on any atom is -0.466 e. The molecule has 0 aromatic heterocycles. The number of nitrogens with zero attached hydrogens (tertiary/aromatic N) is 1. The van der Waals surface area contributed by atoms with Crippen molar-refractivity contribution in [3.63, 3.8) is 0 Å². The summed E-state index contributed by atoms with van der Waals surface area (Å²) in [5.74, 6) is -1.65. The van der Waals surface area contributed by atoms with Crippen molar-refractivity contribution in [3.05, 3.63) is 34.2 Å². The average Bonchev–Trinajstić information content (AvgIpc) is 2.57. The molecule has 2 rings (SSSR count). The molecule has 2 aliphatic rings. The number of allylic oxidation sites excluding steroid dienone is 2. The third-order valence-corrected chi connectivity index (χ3v) is 5.19. The van der Waals surface area contributed by atoms with Gasteiger partial charge in [-0.2, -0.15) is 0 Å². The van der Waals surface area contributed by atoms with Crippen molar-refractivity contribution in [2.45, 2.75) is 59.0 Å². The number of hydrogen-bond donors (Lipinski definition) is 1. The maximum atomic E-state index is 12.7. The Bertz CT molecular complexity index is 720. The van der Waals surface area contributed by atoms with Gasteiger partial charge >= 0.3 is 11.9 Å². The van der Waals surface area contributed by atoms with E-state index in [2.05, 4.69) is 5.32 Å². The molecule has 2 aliphatic heterocycles. The molecule has 1 N–H and O–H groups in total. The number of ether oxygens (including phenoxy) is 2. The number of carbonyl (C=O) groups excluding carboxylic acids is 2. The number of rotatable bonds is 3. The lowest BCUT2D eigenvalue weighted by atomic mass is 9.72. The lowest BCUT2D eigenvalue weighted by Crippen LogP contribution is -2.55. The Balaban J connectivity index is 2.74. The van der Waals surface area contributed by atoms with Crippen LogP contribution in [0.4, 0.5) is 0 Å². The number of carbonyl (C=O) groups is 2. The monoisotopic (exact) mass is 377 g/mol. The molecule has 27 heavy (non-hydrogen) atoms. The Morgan fingerprint density at radius 1 is 1.04 bits per heavy atom. The molecule has 0 saturated carbocycles. The van der Waals surface area contributed by atoms with E-state index < -0.39 is 28.9 Å². The summed E-state index contributed by atoms with van der Waals surface area (Å²) < 4.78 is 9.98. The maximum absolute atomic E-state index is 12.7. The number of esters is 2.